The molecule has 2 heterocycles. The van der Waals surface area contributed by atoms with E-state index in [9.17, 15) is 14.4 Å². The Kier molecular flexibility index (Phi) is 9.64. The number of carbonyl (C=O) groups excluding carboxylic acids is 3. The smallest absolute Gasteiger partial charge is 0.420 e. The van der Waals surface area contributed by atoms with Crippen LogP contribution < -0.4 is 0 Å². The van der Waals surface area contributed by atoms with Crippen LogP contribution in [0.15, 0.2) is 33.5 Å². The number of H-pyrrole nitrogens is 1. The van der Waals surface area contributed by atoms with Gasteiger partial charge in [-0.1, -0.05) is 0 Å². The monoisotopic (exact) mass is 534 g/mol. The summed E-state index contributed by atoms with van der Waals surface area (Å²) < 4.78 is 17.2. The molecule has 0 spiro atoms. The number of esters is 2. The zero-order valence-corrected chi connectivity index (χ0v) is 20.0. The van der Waals surface area contributed by atoms with Crippen LogP contribution in [0.25, 0.3) is 0 Å². The third-order valence-electron chi connectivity index (χ3n) is 3.04. The van der Waals surface area contributed by atoms with Crippen LogP contribution in [-0.2, 0) is 14.2 Å². The molecule has 0 atom stereocenters. The maximum Gasteiger partial charge on any atom is 0.420 e. The third kappa shape index (κ3) is 8.06. The molecule has 2 rings (SSSR count). The highest BCUT2D eigenvalue weighted by Gasteiger charge is 2.24. The van der Waals surface area contributed by atoms with Gasteiger partial charge in [0.05, 0.1) is 22.4 Å². The topological polar surface area (TPSA) is 99.6 Å². The van der Waals surface area contributed by atoms with Gasteiger partial charge in [-0.05, 0) is 90.7 Å². The minimum Gasteiger partial charge on any atom is -0.461 e. The van der Waals surface area contributed by atoms with Crippen LogP contribution in [0.2, 0.25) is 0 Å². The quantitative estimate of drug-likeness (QED) is 0.428. The Hall–Kier alpha value is -2.07. The van der Waals surface area contributed by atoms with Crippen LogP contribution in [0.4, 0.5) is 4.79 Å². The average Bonchev–Trinajstić information content (AvgIpc) is 3.20. The van der Waals surface area contributed by atoms with Gasteiger partial charge in [0.2, 0.25) is 0 Å². The van der Waals surface area contributed by atoms with E-state index in [1.807, 2.05) is 0 Å². The molecule has 0 amide bonds. The van der Waals surface area contributed by atoms with E-state index >= 15 is 0 Å². The zero-order valence-electron chi connectivity index (χ0n) is 16.9. The van der Waals surface area contributed by atoms with Crippen molar-refractivity contribution in [2.24, 2.45) is 0 Å². The molecule has 29 heavy (non-hydrogen) atoms. The van der Waals surface area contributed by atoms with Crippen molar-refractivity contribution in [2.45, 2.75) is 40.2 Å². The molecule has 0 saturated heterocycles. The number of ether oxygens (including phenoxy) is 3. The van der Waals surface area contributed by atoms with Crippen molar-refractivity contribution < 1.29 is 28.6 Å². The van der Waals surface area contributed by atoms with Crippen molar-refractivity contribution in [3.05, 3.63) is 44.9 Å². The van der Waals surface area contributed by atoms with E-state index in [2.05, 4.69) is 36.8 Å². The van der Waals surface area contributed by atoms with Gasteiger partial charge in [0.15, 0.2) is 0 Å². The third-order valence-corrected chi connectivity index (χ3v) is 4.12. The summed E-state index contributed by atoms with van der Waals surface area (Å²) in [7, 11) is 0. The molecule has 0 unspecified atom stereocenters. The second-order valence-electron chi connectivity index (χ2n) is 6.52. The molecule has 0 fully saturated rings. The van der Waals surface area contributed by atoms with Crippen molar-refractivity contribution in [1.29, 1.82) is 0 Å². The summed E-state index contributed by atoms with van der Waals surface area (Å²) in [4.78, 5) is 37.4. The summed E-state index contributed by atoms with van der Waals surface area (Å²) in [6.45, 7) is 9.39. The molecule has 0 bridgehead atoms. The van der Waals surface area contributed by atoms with Gasteiger partial charge in [0.25, 0.3) is 0 Å². The number of halogens is 2. The van der Waals surface area contributed by atoms with Crippen LogP contribution >= 0.6 is 31.9 Å². The van der Waals surface area contributed by atoms with Crippen LogP contribution in [0.3, 0.4) is 0 Å². The largest absolute Gasteiger partial charge is 0.461 e. The molecule has 0 aliphatic rings. The Morgan fingerprint density at radius 3 is 2.03 bits per heavy atom. The normalized spacial score (nSPS) is 10.6. The SMILES string of the molecule is CCOC(=O)c1ccc(Br)[nH]1.CCOC(=O)c1ccc(Br)n1C(=O)OC(C)(C)C. The Balaban J connectivity index is 0.000000326. The van der Waals surface area contributed by atoms with Gasteiger partial charge < -0.3 is 19.2 Å². The summed E-state index contributed by atoms with van der Waals surface area (Å²) in [6.07, 6.45) is -0.623. The first-order valence-electron chi connectivity index (χ1n) is 8.79. The fourth-order valence-corrected chi connectivity index (χ4v) is 2.78. The van der Waals surface area contributed by atoms with Crippen molar-refractivity contribution in [3.8, 4) is 0 Å². The molecule has 8 nitrogen and oxygen atoms in total. The lowest BCUT2D eigenvalue weighted by molar-refractivity contribution is 0.0447. The highest BCUT2D eigenvalue weighted by atomic mass is 79.9. The summed E-state index contributed by atoms with van der Waals surface area (Å²) in [5.41, 5.74) is -0.0242. The Bertz CT molecular complexity index is 851. The number of hydrogen-bond acceptors (Lipinski definition) is 6. The number of rotatable bonds is 4. The predicted octanol–water partition coefficient (Wildman–Crippen LogP) is 5.16. The van der Waals surface area contributed by atoms with E-state index in [0.29, 0.717) is 16.9 Å². The Morgan fingerprint density at radius 2 is 1.55 bits per heavy atom. The number of nitrogens with zero attached hydrogens (tertiary/aromatic N) is 1. The summed E-state index contributed by atoms with van der Waals surface area (Å²) in [6, 6.07) is 6.52. The maximum atomic E-state index is 12.0. The first-order chi connectivity index (χ1) is 13.5. The average molecular weight is 536 g/mol. The lowest BCUT2D eigenvalue weighted by atomic mass is 10.2. The molecule has 2 aromatic rings. The molecule has 0 radical (unpaired) electrons. The van der Waals surface area contributed by atoms with Crippen molar-refractivity contribution in [1.82, 2.24) is 9.55 Å². The van der Waals surface area contributed by atoms with Crippen LogP contribution in [-0.4, -0.2) is 46.4 Å². The molecule has 160 valence electrons. The number of hydrogen-bond donors (Lipinski definition) is 1. The molecule has 1 N–H and O–H groups in total. The van der Waals surface area contributed by atoms with E-state index < -0.39 is 17.7 Å². The van der Waals surface area contributed by atoms with Gasteiger partial charge in [-0.2, -0.15) is 0 Å². The molecule has 0 aliphatic heterocycles. The van der Waals surface area contributed by atoms with Gasteiger partial charge in [0.1, 0.15) is 17.0 Å². The van der Waals surface area contributed by atoms with Crippen molar-refractivity contribution >= 4 is 49.9 Å². The molecule has 0 aliphatic carbocycles. The highest BCUT2D eigenvalue weighted by molar-refractivity contribution is 9.10. The fourth-order valence-electron chi connectivity index (χ4n) is 1.97. The molecular weight excluding hydrogens is 512 g/mol. The Labute approximate surface area is 186 Å². The van der Waals surface area contributed by atoms with Crippen molar-refractivity contribution in [2.75, 3.05) is 13.2 Å². The number of carbonyl (C=O) groups is 3. The number of nitrogens with one attached hydrogen (secondary N) is 1. The minimum absolute atomic E-state index is 0.137. The van der Waals surface area contributed by atoms with Crippen LogP contribution in [0.1, 0.15) is 55.6 Å². The van der Waals surface area contributed by atoms with Gasteiger partial charge in [0, 0.05) is 0 Å². The fraction of sp³-hybridized carbons (Fsp3) is 0.421. The van der Waals surface area contributed by atoms with E-state index in [-0.39, 0.29) is 18.3 Å². The molecule has 2 aromatic heterocycles. The summed E-state index contributed by atoms with van der Waals surface area (Å²) >= 11 is 6.39. The molecular formula is C19H24Br2N2O6. The van der Waals surface area contributed by atoms with Crippen LogP contribution in [0.5, 0.6) is 0 Å². The maximum absolute atomic E-state index is 12.0. The van der Waals surface area contributed by atoms with E-state index in [0.717, 1.165) is 9.17 Å². The zero-order chi connectivity index (χ0) is 22.2. The highest BCUT2D eigenvalue weighted by Crippen LogP contribution is 2.19. The van der Waals surface area contributed by atoms with E-state index in [1.165, 1.54) is 6.07 Å². The van der Waals surface area contributed by atoms with Gasteiger partial charge in [-0.25, -0.2) is 19.0 Å². The lowest BCUT2D eigenvalue weighted by Crippen LogP contribution is -2.29. The van der Waals surface area contributed by atoms with Crippen LogP contribution in [0, 0.1) is 0 Å². The number of aromatic nitrogens is 2. The van der Waals surface area contributed by atoms with E-state index in [1.54, 1.807) is 52.8 Å². The first-order valence-corrected chi connectivity index (χ1v) is 10.4. The number of aromatic amines is 1. The first kappa shape index (κ1) is 25.0. The predicted molar refractivity (Wildman–Crippen MR) is 114 cm³/mol. The van der Waals surface area contributed by atoms with E-state index in [4.69, 9.17) is 14.2 Å². The van der Waals surface area contributed by atoms with Gasteiger partial charge >= 0.3 is 18.0 Å². The standard InChI is InChI=1S/C12H16BrNO4.C7H8BrNO2/c1-5-17-10(15)8-6-7-9(13)14(8)11(16)18-12(2,3)4;1-2-11-7(10)5-3-4-6(8)9-5/h6-7H,5H2,1-4H3;3-4,9H,2H2,1H3. The molecule has 0 aromatic carbocycles. The summed E-state index contributed by atoms with van der Waals surface area (Å²) in [5, 5.41) is 0. The Morgan fingerprint density at radius 1 is 0.966 bits per heavy atom. The second kappa shape index (κ2) is 11.2. The second-order valence-corrected chi connectivity index (χ2v) is 8.18. The molecule has 10 heteroatoms. The van der Waals surface area contributed by atoms with Gasteiger partial charge in [-0.3, -0.25) is 0 Å². The summed E-state index contributed by atoms with van der Waals surface area (Å²) in [5.74, 6) is -0.882. The minimum atomic E-state index is -0.632. The van der Waals surface area contributed by atoms with Gasteiger partial charge in [-0.15, -0.1) is 0 Å². The molecule has 0 saturated carbocycles. The van der Waals surface area contributed by atoms with Crippen molar-refractivity contribution in [3.63, 3.8) is 0 Å². The lowest BCUT2D eigenvalue weighted by Gasteiger charge is -2.20.